The maximum atomic E-state index is 12.8. The third kappa shape index (κ3) is 7.28. The number of rotatable bonds is 6. The fourth-order valence-electron chi connectivity index (χ4n) is 1.64. The van der Waals surface area contributed by atoms with Crippen molar-refractivity contribution in [2.75, 3.05) is 0 Å². The second kappa shape index (κ2) is 9.38. The molecule has 0 saturated carbocycles. The molecule has 0 rings (SSSR count). The van der Waals surface area contributed by atoms with Gasteiger partial charge in [0.2, 0.25) is 0 Å². The van der Waals surface area contributed by atoms with Crippen molar-refractivity contribution >= 4 is 16.1 Å². The van der Waals surface area contributed by atoms with Crippen LogP contribution in [0.15, 0.2) is 0 Å². The number of esters is 1. The van der Waals surface area contributed by atoms with Crippen LogP contribution in [0.5, 0.6) is 0 Å². The molecular formula is C16H28F6O6S. The molecule has 0 bridgehead atoms. The van der Waals surface area contributed by atoms with E-state index in [1.165, 1.54) is 27.7 Å². The molecule has 0 aliphatic rings. The summed E-state index contributed by atoms with van der Waals surface area (Å²) in [6, 6.07) is 0. The Morgan fingerprint density at radius 2 is 1.31 bits per heavy atom. The predicted molar refractivity (Wildman–Crippen MR) is 92.6 cm³/mol. The van der Waals surface area contributed by atoms with Gasteiger partial charge in [-0.1, -0.05) is 13.8 Å². The van der Waals surface area contributed by atoms with Crippen LogP contribution in [0, 0.1) is 5.41 Å². The summed E-state index contributed by atoms with van der Waals surface area (Å²) in [4.78, 5) is 11.7. The van der Waals surface area contributed by atoms with Gasteiger partial charge in [0.25, 0.3) is 15.7 Å². The Labute approximate surface area is 166 Å². The van der Waals surface area contributed by atoms with Gasteiger partial charge in [0.15, 0.2) is 5.60 Å². The van der Waals surface area contributed by atoms with E-state index >= 15 is 0 Å². The predicted octanol–water partition coefficient (Wildman–Crippen LogP) is 4.27. The van der Waals surface area contributed by atoms with Gasteiger partial charge in [-0.2, -0.15) is 34.8 Å². The van der Waals surface area contributed by atoms with E-state index in [1.54, 1.807) is 6.92 Å². The van der Waals surface area contributed by atoms with E-state index in [0.29, 0.717) is 20.3 Å². The SMILES string of the molecule is CCC(C)(C)C(=O)OC(C)(C)C(O)(C(F)(F)F)C(F)(F)F.CCC(C)S(=O)(=O)O. The summed E-state index contributed by atoms with van der Waals surface area (Å²) in [5.41, 5.74) is -9.70. The lowest BCUT2D eigenvalue weighted by Crippen LogP contribution is -2.70. The molecule has 0 aliphatic carbocycles. The van der Waals surface area contributed by atoms with Gasteiger partial charge in [0.05, 0.1) is 10.7 Å². The van der Waals surface area contributed by atoms with E-state index < -0.39 is 50.3 Å². The van der Waals surface area contributed by atoms with Gasteiger partial charge in [0, 0.05) is 0 Å². The molecule has 13 heteroatoms. The number of halogens is 6. The van der Waals surface area contributed by atoms with Crippen molar-refractivity contribution in [1.82, 2.24) is 0 Å². The van der Waals surface area contributed by atoms with E-state index in [1.807, 2.05) is 0 Å². The third-order valence-electron chi connectivity index (χ3n) is 4.56. The minimum atomic E-state index is -6.06. The number of carbonyl (C=O) groups excluding carboxylic acids is 1. The zero-order valence-corrected chi connectivity index (χ0v) is 18.0. The first-order valence-corrected chi connectivity index (χ1v) is 9.98. The summed E-state index contributed by atoms with van der Waals surface area (Å²) >= 11 is 0. The second-order valence-electron chi connectivity index (χ2n) is 7.58. The number of carbonyl (C=O) groups is 1. The molecule has 0 heterocycles. The average Bonchev–Trinajstić information content (AvgIpc) is 2.50. The Morgan fingerprint density at radius 1 is 0.966 bits per heavy atom. The molecule has 2 N–H and O–H groups in total. The smallest absolute Gasteiger partial charge is 0.430 e. The van der Waals surface area contributed by atoms with Crippen molar-refractivity contribution in [3.05, 3.63) is 0 Å². The molecule has 0 fully saturated rings. The van der Waals surface area contributed by atoms with Crippen molar-refractivity contribution in [2.24, 2.45) is 5.41 Å². The molecular weight excluding hydrogens is 434 g/mol. The van der Waals surface area contributed by atoms with Gasteiger partial charge in [0.1, 0.15) is 0 Å². The molecule has 0 aromatic carbocycles. The first kappa shape index (κ1) is 30.1. The summed E-state index contributed by atoms with van der Waals surface area (Å²) in [5, 5.41) is 8.65. The molecule has 0 aliphatic heterocycles. The van der Waals surface area contributed by atoms with Crippen LogP contribution in [-0.2, 0) is 19.6 Å². The fourth-order valence-corrected chi connectivity index (χ4v) is 2.06. The van der Waals surface area contributed by atoms with E-state index in [2.05, 4.69) is 4.74 Å². The van der Waals surface area contributed by atoms with Crippen molar-refractivity contribution in [3.8, 4) is 0 Å². The number of hydrogen-bond donors (Lipinski definition) is 2. The van der Waals surface area contributed by atoms with Gasteiger partial charge in [-0.05, 0) is 47.5 Å². The van der Waals surface area contributed by atoms with Crippen LogP contribution < -0.4 is 0 Å². The van der Waals surface area contributed by atoms with Gasteiger partial charge in [-0.15, -0.1) is 0 Å². The summed E-state index contributed by atoms with van der Waals surface area (Å²) in [6.07, 6.45) is -11.5. The van der Waals surface area contributed by atoms with Crippen LogP contribution >= 0.6 is 0 Å². The molecule has 29 heavy (non-hydrogen) atoms. The maximum Gasteiger partial charge on any atom is 0.430 e. The second-order valence-corrected chi connectivity index (χ2v) is 9.41. The quantitative estimate of drug-likeness (QED) is 0.347. The van der Waals surface area contributed by atoms with E-state index in [9.17, 15) is 44.7 Å². The Hall–Kier alpha value is -1.08. The van der Waals surface area contributed by atoms with Crippen LogP contribution in [0.2, 0.25) is 0 Å². The highest BCUT2D eigenvalue weighted by atomic mass is 32.2. The topological polar surface area (TPSA) is 101 Å². The van der Waals surface area contributed by atoms with Crippen LogP contribution in [0.4, 0.5) is 26.3 Å². The molecule has 176 valence electrons. The van der Waals surface area contributed by atoms with E-state index in [-0.39, 0.29) is 6.42 Å². The lowest BCUT2D eigenvalue weighted by atomic mass is 9.83. The summed E-state index contributed by atoms with van der Waals surface area (Å²) in [6.45, 7) is 8.06. The number of alkyl halides is 6. The third-order valence-corrected chi connectivity index (χ3v) is 5.91. The van der Waals surface area contributed by atoms with E-state index in [0.717, 1.165) is 0 Å². The van der Waals surface area contributed by atoms with Crippen LogP contribution in [0.1, 0.15) is 61.3 Å². The van der Waals surface area contributed by atoms with Crippen LogP contribution in [0.3, 0.4) is 0 Å². The number of ether oxygens (including phenoxy) is 1. The normalized spacial score (nSPS) is 15.3. The zero-order chi connectivity index (χ0) is 24.3. The van der Waals surface area contributed by atoms with Crippen molar-refractivity contribution < 1.29 is 54.0 Å². The lowest BCUT2D eigenvalue weighted by molar-refractivity contribution is -0.408. The van der Waals surface area contributed by atoms with Crippen molar-refractivity contribution in [2.45, 2.75) is 90.1 Å². The molecule has 6 nitrogen and oxygen atoms in total. The Morgan fingerprint density at radius 3 is 1.48 bits per heavy atom. The highest BCUT2D eigenvalue weighted by molar-refractivity contribution is 7.86. The van der Waals surface area contributed by atoms with Gasteiger partial charge < -0.3 is 9.84 Å². The fraction of sp³-hybridized carbons (Fsp3) is 0.938. The largest absolute Gasteiger partial charge is 0.455 e. The molecule has 0 aromatic heterocycles. The van der Waals surface area contributed by atoms with Crippen LogP contribution in [-0.4, -0.2) is 52.9 Å². The molecule has 0 radical (unpaired) electrons. The first-order chi connectivity index (χ1) is 12.4. The molecule has 0 spiro atoms. The summed E-state index contributed by atoms with van der Waals surface area (Å²) < 4.78 is 109. The minimum absolute atomic E-state index is 0.137. The minimum Gasteiger partial charge on any atom is -0.455 e. The molecule has 0 amide bonds. The lowest BCUT2D eigenvalue weighted by Gasteiger charge is -2.44. The van der Waals surface area contributed by atoms with E-state index in [4.69, 9.17) is 4.55 Å². The zero-order valence-electron chi connectivity index (χ0n) is 17.2. The Balaban J connectivity index is 0. The van der Waals surface area contributed by atoms with Crippen molar-refractivity contribution in [1.29, 1.82) is 0 Å². The summed E-state index contributed by atoms with van der Waals surface area (Å²) in [7, 11) is -3.75. The Bertz CT molecular complexity index is 638. The van der Waals surface area contributed by atoms with Gasteiger partial charge >= 0.3 is 18.3 Å². The average molecular weight is 462 g/mol. The Kier molecular flexibility index (Phi) is 9.74. The molecule has 0 aromatic rings. The molecule has 1 unspecified atom stereocenters. The standard InChI is InChI=1S/C12H18F6O3.C4H10O3S/c1-6-8(2,3)7(19)21-9(4,5)10(20,11(13,14)15)12(16,17)18;1-3-4(2)8(5,6)7/h20H,6H2,1-5H3;4H,3H2,1-2H3,(H,5,6,7). The highest BCUT2D eigenvalue weighted by Gasteiger charge is 2.78. The summed E-state index contributed by atoms with van der Waals surface area (Å²) in [5.74, 6) is -1.26. The van der Waals surface area contributed by atoms with Gasteiger partial charge in [-0.25, -0.2) is 0 Å². The number of aliphatic hydroxyl groups is 1. The maximum absolute atomic E-state index is 12.8. The highest BCUT2D eigenvalue weighted by Crippen LogP contribution is 2.51. The van der Waals surface area contributed by atoms with Crippen LogP contribution in [0.25, 0.3) is 0 Å². The monoisotopic (exact) mass is 462 g/mol. The first-order valence-electron chi connectivity index (χ1n) is 8.47. The number of hydrogen-bond acceptors (Lipinski definition) is 5. The molecule has 0 saturated heterocycles. The van der Waals surface area contributed by atoms with Crippen molar-refractivity contribution in [3.63, 3.8) is 0 Å². The van der Waals surface area contributed by atoms with Gasteiger partial charge in [-0.3, -0.25) is 9.35 Å². The molecule has 1 atom stereocenters.